The smallest absolute Gasteiger partial charge is 0.421 e. The number of sulfonamides is 1. The maximum absolute atomic E-state index is 12.9. The van der Waals surface area contributed by atoms with Gasteiger partial charge in [-0.25, -0.2) is 19.1 Å². The minimum atomic E-state index is -3.74. The molecule has 2 aromatic rings. The van der Waals surface area contributed by atoms with E-state index in [2.05, 4.69) is 0 Å². The van der Waals surface area contributed by atoms with Gasteiger partial charge >= 0.3 is 6.09 Å². The monoisotopic (exact) mass is 366 g/mol. The van der Waals surface area contributed by atoms with Gasteiger partial charge in [-0.3, -0.25) is 5.43 Å². The number of carbonyl (C=O) groups excluding carboxylic acids is 1. The molecule has 136 valence electrons. The summed E-state index contributed by atoms with van der Waals surface area (Å²) in [7, 11) is 1.51. The zero-order chi connectivity index (χ0) is 18.6. The van der Waals surface area contributed by atoms with E-state index >= 15 is 0 Å². The van der Waals surface area contributed by atoms with E-state index in [1.807, 2.05) is 42.6 Å². The number of fused-ring (bicyclic) bond motifs is 1. The van der Waals surface area contributed by atoms with Crippen LogP contribution in [-0.2, 0) is 14.8 Å². The van der Waals surface area contributed by atoms with Crippen LogP contribution in [0.4, 0.5) is 10.5 Å². The van der Waals surface area contributed by atoms with Gasteiger partial charge in [0.2, 0.25) is 10.0 Å². The SMILES string of the molecule is CN(C)c1cccc2c(S(=O)(=O)N(C)CCOC(=O)NN)cccc12. The average Bonchev–Trinajstić information content (AvgIpc) is 2.59. The molecule has 8 nitrogen and oxygen atoms in total. The second-order valence-electron chi connectivity index (χ2n) is 5.63. The van der Waals surface area contributed by atoms with Crippen LogP contribution < -0.4 is 16.2 Å². The van der Waals surface area contributed by atoms with Crippen LogP contribution in [-0.4, -0.2) is 53.1 Å². The summed E-state index contributed by atoms with van der Waals surface area (Å²) in [4.78, 5) is 13.1. The van der Waals surface area contributed by atoms with E-state index in [0.29, 0.717) is 5.39 Å². The molecule has 0 saturated heterocycles. The van der Waals surface area contributed by atoms with Gasteiger partial charge in [-0.1, -0.05) is 24.3 Å². The van der Waals surface area contributed by atoms with Crippen molar-refractivity contribution >= 4 is 32.6 Å². The topological polar surface area (TPSA) is 105 Å². The van der Waals surface area contributed by atoms with Crippen LogP contribution >= 0.6 is 0 Å². The Kier molecular flexibility index (Phi) is 5.83. The largest absolute Gasteiger partial charge is 0.447 e. The van der Waals surface area contributed by atoms with Gasteiger partial charge in [0.1, 0.15) is 6.61 Å². The molecule has 2 aromatic carbocycles. The first kappa shape index (κ1) is 19.0. The summed E-state index contributed by atoms with van der Waals surface area (Å²) < 4.78 is 31.7. The van der Waals surface area contributed by atoms with E-state index in [-0.39, 0.29) is 18.0 Å². The highest BCUT2D eigenvalue weighted by Crippen LogP contribution is 2.31. The Labute approximate surface area is 147 Å². The number of anilines is 1. The van der Waals surface area contributed by atoms with E-state index < -0.39 is 16.1 Å². The van der Waals surface area contributed by atoms with Gasteiger partial charge in [0.15, 0.2) is 0 Å². The van der Waals surface area contributed by atoms with Crippen LogP contribution in [0.25, 0.3) is 10.8 Å². The standard InChI is InChI=1S/C16H22N4O4S/c1-19(2)14-8-4-7-13-12(14)6-5-9-15(13)25(22,23)20(3)10-11-24-16(21)18-17/h4-9H,10-11,17H2,1-3H3,(H,18,21). The minimum Gasteiger partial charge on any atom is -0.447 e. The highest BCUT2D eigenvalue weighted by molar-refractivity contribution is 7.89. The number of amides is 1. The summed E-state index contributed by atoms with van der Waals surface area (Å²) in [6, 6.07) is 10.7. The van der Waals surface area contributed by atoms with Crippen LogP contribution in [0.2, 0.25) is 0 Å². The molecule has 3 N–H and O–H groups in total. The van der Waals surface area contributed by atoms with E-state index in [1.54, 1.807) is 18.2 Å². The molecule has 0 fully saturated rings. The number of benzene rings is 2. The average molecular weight is 366 g/mol. The molecule has 2 rings (SSSR count). The minimum absolute atomic E-state index is 0.0134. The van der Waals surface area contributed by atoms with Crippen molar-refractivity contribution in [2.24, 2.45) is 5.84 Å². The summed E-state index contributed by atoms with van der Waals surface area (Å²) in [6.07, 6.45) is -0.813. The predicted octanol–water partition coefficient (Wildman–Crippen LogP) is 1.13. The molecule has 0 spiro atoms. The van der Waals surface area contributed by atoms with Gasteiger partial charge in [-0.2, -0.15) is 4.31 Å². The number of hydrogen-bond acceptors (Lipinski definition) is 6. The Bertz CT molecular complexity index is 868. The van der Waals surface area contributed by atoms with Gasteiger partial charge in [0.25, 0.3) is 0 Å². The molecule has 0 aliphatic rings. The molecule has 0 atom stereocenters. The van der Waals surface area contributed by atoms with Crippen molar-refractivity contribution in [2.75, 3.05) is 39.2 Å². The van der Waals surface area contributed by atoms with E-state index in [0.717, 1.165) is 15.4 Å². The summed E-state index contributed by atoms with van der Waals surface area (Å²) >= 11 is 0. The maximum Gasteiger partial charge on any atom is 0.421 e. The number of nitrogens with two attached hydrogens (primary N) is 1. The van der Waals surface area contributed by atoms with Crippen molar-refractivity contribution in [1.82, 2.24) is 9.73 Å². The second-order valence-corrected chi connectivity index (χ2v) is 7.64. The van der Waals surface area contributed by atoms with Gasteiger partial charge in [0, 0.05) is 44.1 Å². The molecule has 0 aliphatic heterocycles. The fourth-order valence-electron chi connectivity index (χ4n) is 2.48. The zero-order valence-electron chi connectivity index (χ0n) is 14.4. The Balaban J connectivity index is 2.36. The van der Waals surface area contributed by atoms with Crippen LogP contribution in [0.1, 0.15) is 0 Å². The molecular weight excluding hydrogens is 344 g/mol. The molecule has 0 unspecified atom stereocenters. The number of carbonyl (C=O) groups is 1. The van der Waals surface area contributed by atoms with Crippen molar-refractivity contribution in [2.45, 2.75) is 4.90 Å². The van der Waals surface area contributed by atoms with Gasteiger partial charge in [-0.15, -0.1) is 0 Å². The number of nitrogens with one attached hydrogen (secondary N) is 1. The summed E-state index contributed by atoms with van der Waals surface area (Å²) in [5.74, 6) is 4.91. The molecule has 0 aliphatic carbocycles. The van der Waals surface area contributed by atoms with E-state index in [9.17, 15) is 13.2 Å². The van der Waals surface area contributed by atoms with Gasteiger partial charge in [-0.05, 0) is 12.1 Å². The molecule has 9 heteroatoms. The molecule has 0 heterocycles. The summed E-state index contributed by atoms with van der Waals surface area (Å²) in [5, 5.41) is 1.49. The lowest BCUT2D eigenvalue weighted by Crippen LogP contribution is -2.35. The third-order valence-corrected chi connectivity index (χ3v) is 5.70. The number of likely N-dealkylation sites (N-methyl/N-ethyl adjacent to an activating group) is 1. The second kappa shape index (κ2) is 7.68. The number of nitrogens with zero attached hydrogens (tertiary/aromatic N) is 2. The van der Waals surface area contributed by atoms with Gasteiger partial charge in [0.05, 0.1) is 4.90 Å². The van der Waals surface area contributed by atoms with Crippen molar-refractivity contribution in [1.29, 1.82) is 0 Å². The quantitative estimate of drug-likeness (QED) is 0.451. The lowest BCUT2D eigenvalue weighted by molar-refractivity contribution is 0.142. The van der Waals surface area contributed by atoms with Crippen molar-refractivity contribution in [3.8, 4) is 0 Å². The first-order chi connectivity index (χ1) is 11.8. The van der Waals surface area contributed by atoms with E-state index in [4.69, 9.17) is 10.6 Å². The van der Waals surface area contributed by atoms with Gasteiger partial charge < -0.3 is 9.64 Å². The highest BCUT2D eigenvalue weighted by atomic mass is 32.2. The highest BCUT2D eigenvalue weighted by Gasteiger charge is 2.23. The predicted molar refractivity (Wildman–Crippen MR) is 96.8 cm³/mol. The molecule has 1 amide bonds. The number of rotatable bonds is 6. The van der Waals surface area contributed by atoms with E-state index in [1.165, 1.54) is 7.05 Å². The van der Waals surface area contributed by atoms with Crippen molar-refractivity contribution in [3.05, 3.63) is 36.4 Å². The molecule has 0 radical (unpaired) electrons. The van der Waals surface area contributed by atoms with Crippen molar-refractivity contribution in [3.63, 3.8) is 0 Å². The molecule has 0 bridgehead atoms. The number of ether oxygens (including phenoxy) is 1. The van der Waals surface area contributed by atoms with Crippen LogP contribution in [0.15, 0.2) is 41.3 Å². The van der Waals surface area contributed by atoms with Crippen LogP contribution in [0.3, 0.4) is 0 Å². The molecule has 0 aromatic heterocycles. The van der Waals surface area contributed by atoms with Crippen LogP contribution in [0.5, 0.6) is 0 Å². The third kappa shape index (κ3) is 4.01. The fraction of sp³-hybridized carbons (Fsp3) is 0.312. The Morgan fingerprint density at radius 1 is 1.12 bits per heavy atom. The Morgan fingerprint density at radius 3 is 2.40 bits per heavy atom. The zero-order valence-corrected chi connectivity index (χ0v) is 15.2. The maximum atomic E-state index is 12.9. The Morgan fingerprint density at radius 2 is 1.76 bits per heavy atom. The van der Waals surface area contributed by atoms with Crippen molar-refractivity contribution < 1.29 is 17.9 Å². The number of hydrazine groups is 1. The molecule has 0 saturated carbocycles. The first-order valence-corrected chi connectivity index (χ1v) is 9.02. The first-order valence-electron chi connectivity index (χ1n) is 7.58. The lowest BCUT2D eigenvalue weighted by atomic mass is 10.1. The summed E-state index contributed by atoms with van der Waals surface area (Å²) in [5.41, 5.74) is 2.75. The Hall–Kier alpha value is -2.36. The van der Waals surface area contributed by atoms with Crippen LogP contribution in [0, 0.1) is 0 Å². The molecule has 25 heavy (non-hydrogen) atoms. The number of hydrogen-bond donors (Lipinski definition) is 2. The lowest BCUT2D eigenvalue weighted by Gasteiger charge is -2.20. The normalized spacial score (nSPS) is 11.6. The fourth-order valence-corrected chi connectivity index (χ4v) is 3.83. The summed E-state index contributed by atoms with van der Waals surface area (Å²) in [6.45, 7) is -0.0913. The third-order valence-electron chi connectivity index (χ3n) is 3.79. The molecular formula is C16H22N4O4S.